The summed E-state index contributed by atoms with van der Waals surface area (Å²) in [5.74, 6) is -0.117. The van der Waals surface area contributed by atoms with E-state index in [2.05, 4.69) is 16.4 Å². The first-order valence-corrected chi connectivity index (χ1v) is 32.4. The molecule has 28 heteroatoms. The van der Waals surface area contributed by atoms with Crippen LogP contribution in [0.15, 0.2) is 84.4 Å². The van der Waals surface area contributed by atoms with Crippen LogP contribution in [-0.4, -0.2) is 76.6 Å². The lowest BCUT2D eigenvalue weighted by Crippen LogP contribution is -2.20. The summed E-state index contributed by atoms with van der Waals surface area (Å²) < 4.78 is 146. The number of hydrogen-bond acceptors (Lipinski definition) is 19. The smallest absolute Gasteiger partial charge is 0.295 e. The fraction of sp³-hybridized carbons (Fsp3) is 0.327. The van der Waals surface area contributed by atoms with Crippen molar-refractivity contribution in [3.05, 3.63) is 105 Å². The molecule has 0 amide bonds. The molecule has 0 spiro atoms. The van der Waals surface area contributed by atoms with Crippen molar-refractivity contribution < 1.29 is 51.9 Å². The molecule has 0 saturated heterocycles. The third-order valence-electron chi connectivity index (χ3n) is 13.2. The minimum Gasteiger partial charge on any atom is -0.338 e. The first-order valence-electron chi connectivity index (χ1n) is 25.0. The molecule has 22 nitrogen and oxygen atoms in total. The number of hydrogen-bond donors (Lipinski definition) is 5. The highest BCUT2D eigenvalue weighted by molar-refractivity contribution is 7.86. The standard InChI is InChI=1S/C52H56N10O12S6/c1-11-28-22-30(13-3)45(79(69,70)71)34(15-5)43(28)57-48-42(58-59-49-36(26-53)47(52(8,9)10)60-62(49)51-55-38-20-18-33(78(66,67)68)25-40(38)76-51)27(7)21-41(56-48)61(50-54-37-19-17-32(77(63,64)65)24-39(37)75-50)44-29(12-2)23-31(14-4)46(35(44)16-6)80(72,73)74/h17-25H,11-16H2,1-10H3,(H,56,57)(H,63,64,65)(H,66,67,68)(H,69,70,71)(H,72,73,74)/b59-58+. The Labute approximate surface area is 471 Å². The lowest BCUT2D eigenvalue weighted by Gasteiger charge is -2.29. The summed E-state index contributed by atoms with van der Waals surface area (Å²) >= 11 is 1.99. The highest BCUT2D eigenvalue weighted by Crippen LogP contribution is 2.48. The zero-order chi connectivity index (χ0) is 58.8. The van der Waals surface area contributed by atoms with Gasteiger partial charge in [-0.3, -0.25) is 23.1 Å². The van der Waals surface area contributed by atoms with Crippen molar-refractivity contribution in [2.24, 2.45) is 10.2 Å². The number of azo groups is 1. The van der Waals surface area contributed by atoms with E-state index in [0.717, 1.165) is 22.7 Å². The van der Waals surface area contributed by atoms with Gasteiger partial charge in [-0.15, -0.1) is 10.2 Å². The number of pyridine rings is 1. The monoisotopic (exact) mass is 1200 g/mol. The third-order valence-corrected chi connectivity index (χ3v) is 19.0. The Hall–Kier alpha value is -6.65. The molecule has 0 unspecified atom stereocenters. The first kappa shape index (κ1) is 59.5. The number of aromatic nitrogens is 5. The molecule has 0 radical (unpaired) electrons. The number of benzene rings is 4. The van der Waals surface area contributed by atoms with Gasteiger partial charge in [0.15, 0.2) is 16.8 Å². The molecule has 0 aliphatic carbocycles. The third kappa shape index (κ3) is 11.4. The van der Waals surface area contributed by atoms with Gasteiger partial charge >= 0.3 is 0 Å². The normalized spacial score (nSPS) is 12.8. The van der Waals surface area contributed by atoms with Gasteiger partial charge < -0.3 is 5.32 Å². The predicted molar refractivity (Wildman–Crippen MR) is 306 cm³/mol. The van der Waals surface area contributed by atoms with Gasteiger partial charge in [0.05, 0.1) is 41.6 Å². The molecule has 80 heavy (non-hydrogen) atoms. The van der Waals surface area contributed by atoms with Gasteiger partial charge in [-0.2, -0.15) is 48.7 Å². The minimum atomic E-state index is -4.90. The van der Waals surface area contributed by atoms with E-state index in [9.17, 15) is 57.1 Å². The molecule has 4 aromatic heterocycles. The molecule has 0 aliphatic rings. The summed E-state index contributed by atoms with van der Waals surface area (Å²) in [5, 5.41) is 28.8. The second kappa shape index (κ2) is 22.0. The molecule has 422 valence electrons. The van der Waals surface area contributed by atoms with Crippen LogP contribution in [-0.2, 0) is 84.4 Å². The molecule has 0 fully saturated rings. The Morgan fingerprint density at radius 3 is 1.68 bits per heavy atom. The Morgan fingerprint density at radius 1 is 0.650 bits per heavy atom. The minimum absolute atomic E-state index is 0.00822. The average Bonchev–Trinajstić information content (AvgIpc) is 4.15. The van der Waals surface area contributed by atoms with Crippen molar-refractivity contribution in [2.75, 3.05) is 10.2 Å². The highest BCUT2D eigenvalue weighted by atomic mass is 32.2. The van der Waals surface area contributed by atoms with E-state index in [1.165, 1.54) is 41.1 Å². The Kier molecular flexibility index (Phi) is 16.4. The van der Waals surface area contributed by atoms with E-state index < -0.39 is 50.8 Å². The molecule has 0 bridgehead atoms. The lowest BCUT2D eigenvalue weighted by atomic mass is 9.90. The second-order valence-corrected chi connectivity index (χ2v) is 27.1. The molecule has 4 aromatic carbocycles. The number of nitrogens with zero attached hydrogens (tertiary/aromatic N) is 9. The van der Waals surface area contributed by atoms with Crippen LogP contribution < -0.4 is 10.2 Å². The van der Waals surface area contributed by atoms with Crippen LogP contribution in [0.4, 0.5) is 39.6 Å². The number of rotatable bonds is 18. The van der Waals surface area contributed by atoms with Gasteiger partial charge in [0.1, 0.15) is 32.9 Å². The maximum atomic E-state index is 13.5. The van der Waals surface area contributed by atoms with Gasteiger partial charge in [-0.05, 0) is 127 Å². The zero-order valence-corrected chi connectivity index (χ0v) is 49.9. The van der Waals surface area contributed by atoms with Crippen LogP contribution in [0, 0.1) is 18.3 Å². The van der Waals surface area contributed by atoms with Crippen LogP contribution in [0.2, 0.25) is 0 Å². The van der Waals surface area contributed by atoms with E-state index in [4.69, 9.17) is 25.3 Å². The van der Waals surface area contributed by atoms with Crippen molar-refractivity contribution in [3.8, 4) is 11.2 Å². The zero-order valence-electron chi connectivity index (χ0n) is 45.0. The van der Waals surface area contributed by atoms with Crippen molar-refractivity contribution in [1.82, 2.24) is 24.7 Å². The quantitative estimate of drug-likeness (QED) is 0.0393. The second-order valence-electron chi connectivity index (χ2n) is 19.5. The number of anilines is 5. The van der Waals surface area contributed by atoms with Crippen molar-refractivity contribution >= 4 is 123 Å². The van der Waals surface area contributed by atoms with Crippen molar-refractivity contribution in [2.45, 2.75) is 133 Å². The maximum absolute atomic E-state index is 13.5. The maximum Gasteiger partial charge on any atom is 0.295 e. The van der Waals surface area contributed by atoms with Crippen LogP contribution in [0.5, 0.6) is 0 Å². The molecule has 4 heterocycles. The van der Waals surface area contributed by atoms with Gasteiger partial charge in [0.2, 0.25) is 5.13 Å². The lowest BCUT2D eigenvalue weighted by molar-refractivity contribution is 0.478. The molecule has 0 aliphatic heterocycles. The number of nitrogens with one attached hydrogen (secondary N) is 1. The largest absolute Gasteiger partial charge is 0.338 e. The Balaban J connectivity index is 1.49. The molecule has 5 N–H and O–H groups in total. The number of thiazole rings is 2. The summed E-state index contributed by atoms with van der Waals surface area (Å²) in [5.41, 5.74) is 3.41. The van der Waals surface area contributed by atoms with E-state index in [1.54, 1.807) is 57.7 Å². The molecule has 8 rings (SSSR count). The van der Waals surface area contributed by atoms with Crippen LogP contribution in [0.3, 0.4) is 0 Å². The fourth-order valence-electron chi connectivity index (χ4n) is 9.56. The molecular weight excluding hydrogens is 1150 g/mol. The van der Waals surface area contributed by atoms with Crippen LogP contribution in [0.1, 0.15) is 113 Å². The van der Waals surface area contributed by atoms with Crippen molar-refractivity contribution in [3.63, 3.8) is 0 Å². The highest BCUT2D eigenvalue weighted by Gasteiger charge is 2.34. The summed E-state index contributed by atoms with van der Waals surface area (Å²) in [6.45, 7) is 17.8. The molecule has 0 atom stereocenters. The Bertz CT molecular complexity index is 4390. The summed E-state index contributed by atoms with van der Waals surface area (Å²) in [6, 6.07) is 14.8. The first-order chi connectivity index (χ1) is 37.4. The van der Waals surface area contributed by atoms with E-state index >= 15 is 0 Å². The van der Waals surface area contributed by atoms with Gasteiger partial charge in [-0.25, -0.2) is 15.0 Å². The van der Waals surface area contributed by atoms with Gasteiger partial charge in [-0.1, -0.05) is 97.1 Å². The number of nitriles is 1. The molecule has 0 saturated carbocycles. The summed E-state index contributed by atoms with van der Waals surface area (Å²) in [4.78, 5) is 15.0. The van der Waals surface area contributed by atoms with Crippen LogP contribution in [0.25, 0.3) is 25.6 Å². The van der Waals surface area contributed by atoms with Gasteiger partial charge in [0, 0.05) is 11.1 Å². The summed E-state index contributed by atoms with van der Waals surface area (Å²) in [6.07, 6.45) is 1.28. The Morgan fingerprint density at radius 2 is 1.18 bits per heavy atom. The van der Waals surface area contributed by atoms with Crippen LogP contribution >= 0.6 is 22.7 Å². The SMILES string of the molecule is CCc1cc(CC)c(S(=O)(=O)O)c(CC)c1Nc1nc(N(c2nc3ccc(S(=O)(=O)O)cc3s2)c2c(CC)cc(CC)c(S(=O)(=O)O)c2CC)cc(C)c1/N=N/c1c(C#N)c(C(C)(C)C)nn1-c1nc2ccc(S(=O)(=O)O)cc2s1. The number of aryl methyl sites for hydroxylation is 5. The summed E-state index contributed by atoms with van der Waals surface area (Å²) in [7, 11) is -19.0. The van der Waals surface area contributed by atoms with E-state index in [-0.39, 0.29) is 102 Å². The van der Waals surface area contributed by atoms with Crippen molar-refractivity contribution in [1.29, 1.82) is 5.26 Å². The molecule has 8 aromatic rings. The van der Waals surface area contributed by atoms with E-state index in [0.29, 0.717) is 66.8 Å². The average molecular weight is 1210 g/mol. The topological polar surface area (TPSA) is 338 Å². The fourth-order valence-corrected chi connectivity index (χ4v) is 14.9. The van der Waals surface area contributed by atoms with Gasteiger partial charge in [0.25, 0.3) is 40.5 Å². The predicted octanol–water partition coefficient (Wildman–Crippen LogP) is 12.0. The number of fused-ring (bicyclic) bond motifs is 2. The van der Waals surface area contributed by atoms with E-state index in [1.807, 2.05) is 34.6 Å². The molecular formula is C52H56N10O12S6.